The first kappa shape index (κ1) is 11.8. The zero-order valence-electron chi connectivity index (χ0n) is 10.4. The molecule has 0 heterocycles. The summed E-state index contributed by atoms with van der Waals surface area (Å²) >= 11 is 6.44. The van der Waals surface area contributed by atoms with Gasteiger partial charge in [-0.05, 0) is 29.0 Å². The number of halogens is 1. The van der Waals surface area contributed by atoms with Gasteiger partial charge in [0.25, 0.3) is 0 Å². The van der Waals surface area contributed by atoms with E-state index in [1.54, 1.807) is 0 Å². The molecule has 0 saturated heterocycles. The summed E-state index contributed by atoms with van der Waals surface area (Å²) < 4.78 is 0. The van der Waals surface area contributed by atoms with Gasteiger partial charge in [0.2, 0.25) is 0 Å². The van der Waals surface area contributed by atoms with E-state index in [1.807, 2.05) is 6.07 Å². The topological polar surface area (TPSA) is 0 Å². The van der Waals surface area contributed by atoms with Crippen molar-refractivity contribution in [2.24, 2.45) is 5.92 Å². The maximum Gasteiger partial charge on any atom is 0.0587 e. The lowest BCUT2D eigenvalue weighted by Gasteiger charge is -2.10. The van der Waals surface area contributed by atoms with Crippen LogP contribution in [0.4, 0.5) is 0 Å². The lowest BCUT2D eigenvalue weighted by molar-refractivity contribution is 0.706. The van der Waals surface area contributed by atoms with Crippen molar-refractivity contribution in [1.29, 1.82) is 0 Å². The van der Waals surface area contributed by atoms with Crippen LogP contribution in [0.15, 0.2) is 54.6 Å². The van der Waals surface area contributed by atoms with Crippen LogP contribution in [-0.2, 0) is 0 Å². The van der Waals surface area contributed by atoms with Gasteiger partial charge in [-0.3, -0.25) is 0 Å². The van der Waals surface area contributed by atoms with E-state index in [2.05, 4.69) is 48.5 Å². The normalized spacial score (nSPS) is 16.5. The summed E-state index contributed by atoms with van der Waals surface area (Å²) in [4.78, 5) is 0. The molecule has 0 N–H and O–H groups in total. The van der Waals surface area contributed by atoms with Crippen molar-refractivity contribution in [2.45, 2.75) is 24.6 Å². The first-order chi connectivity index (χ1) is 8.83. The number of hydrogen-bond donors (Lipinski definition) is 0. The van der Waals surface area contributed by atoms with Crippen molar-refractivity contribution in [1.82, 2.24) is 0 Å². The number of benzene rings is 2. The SMILES string of the molecule is ClC(CC1CC1)c1ccc(-c2ccccc2)cc1. The Labute approximate surface area is 114 Å². The minimum atomic E-state index is 0.183. The second-order valence-corrected chi connectivity index (χ2v) is 5.66. The maximum absolute atomic E-state index is 6.44. The fourth-order valence-electron chi connectivity index (χ4n) is 2.30. The molecule has 0 aliphatic heterocycles. The highest BCUT2D eigenvalue weighted by atomic mass is 35.5. The quantitative estimate of drug-likeness (QED) is 0.640. The molecule has 3 rings (SSSR count). The van der Waals surface area contributed by atoms with Crippen LogP contribution in [0.3, 0.4) is 0 Å². The predicted molar refractivity (Wildman–Crippen MR) is 77.8 cm³/mol. The van der Waals surface area contributed by atoms with Crippen molar-refractivity contribution < 1.29 is 0 Å². The lowest BCUT2D eigenvalue weighted by atomic mass is 10.0. The Balaban J connectivity index is 1.76. The van der Waals surface area contributed by atoms with Crippen LogP contribution in [0.25, 0.3) is 11.1 Å². The Morgan fingerprint density at radius 3 is 2.11 bits per heavy atom. The monoisotopic (exact) mass is 256 g/mol. The second-order valence-electron chi connectivity index (χ2n) is 5.13. The van der Waals surface area contributed by atoms with Crippen LogP contribution in [0, 0.1) is 5.92 Å². The Hall–Kier alpha value is -1.27. The molecule has 1 heteroatoms. The van der Waals surface area contributed by atoms with Gasteiger partial charge < -0.3 is 0 Å². The second kappa shape index (κ2) is 5.16. The van der Waals surface area contributed by atoms with E-state index in [0.29, 0.717) is 0 Å². The van der Waals surface area contributed by atoms with Gasteiger partial charge in [0.05, 0.1) is 5.38 Å². The average molecular weight is 257 g/mol. The molecule has 0 nitrogen and oxygen atoms in total. The van der Waals surface area contributed by atoms with Gasteiger partial charge in [-0.25, -0.2) is 0 Å². The zero-order valence-corrected chi connectivity index (χ0v) is 11.1. The fraction of sp³-hybridized carbons (Fsp3) is 0.294. The van der Waals surface area contributed by atoms with Crippen LogP contribution in [0.2, 0.25) is 0 Å². The smallest absolute Gasteiger partial charge is 0.0587 e. The summed E-state index contributed by atoms with van der Waals surface area (Å²) in [6, 6.07) is 19.1. The van der Waals surface area contributed by atoms with Crippen LogP contribution in [-0.4, -0.2) is 0 Å². The zero-order chi connectivity index (χ0) is 12.4. The Bertz CT molecular complexity index is 497. The molecule has 0 spiro atoms. The molecule has 1 aliphatic rings. The van der Waals surface area contributed by atoms with Crippen molar-refractivity contribution in [2.75, 3.05) is 0 Å². The standard InChI is InChI=1S/C17H17Cl/c18-17(12-13-6-7-13)16-10-8-15(9-11-16)14-4-2-1-3-5-14/h1-5,8-11,13,17H,6-7,12H2. The van der Waals surface area contributed by atoms with Gasteiger partial charge in [0, 0.05) is 0 Å². The van der Waals surface area contributed by atoms with Gasteiger partial charge in [-0.2, -0.15) is 0 Å². The molecule has 2 aromatic carbocycles. The summed E-state index contributed by atoms with van der Waals surface area (Å²) in [7, 11) is 0. The minimum absolute atomic E-state index is 0.183. The summed E-state index contributed by atoms with van der Waals surface area (Å²) in [6.45, 7) is 0. The van der Waals surface area contributed by atoms with Gasteiger partial charge in [-0.1, -0.05) is 67.4 Å². The summed E-state index contributed by atoms with van der Waals surface area (Å²) in [5.41, 5.74) is 3.77. The van der Waals surface area contributed by atoms with E-state index in [1.165, 1.54) is 29.5 Å². The van der Waals surface area contributed by atoms with Crippen LogP contribution in [0.5, 0.6) is 0 Å². The molecule has 0 radical (unpaired) electrons. The molecule has 1 fully saturated rings. The maximum atomic E-state index is 6.44. The molecule has 0 bridgehead atoms. The average Bonchev–Trinajstić information content (AvgIpc) is 3.24. The van der Waals surface area contributed by atoms with Gasteiger partial charge >= 0.3 is 0 Å². The molecule has 92 valence electrons. The number of alkyl halides is 1. The molecule has 0 amide bonds. The molecule has 1 atom stereocenters. The van der Waals surface area contributed by atoms with Gasteiger partial charge in [0.15, 0.2) is 0 Å². The number of rotatable bonds is 4. The Morgan fingerprint density at radius 1 is 0.889 bits per heavy atom. The molecule has 1 saturated carbocycles. The molecule has 1 unspecified atom stereocenters. The van der Waals surface area contributed by atoms with E-state index in [-0.39, 0.29) is 5.38 Å². The van der Waals surface area contributed by atoms with E-state index in [4.69, 9.17) is 11.6 Å². The van der Waals surface area contributed by atoms with Crippen LogP contribution in [0.1, 0.15) is 30.2 Å². The van der Waals surface area contributed by atoms with E-state index in [9.17, 15) is 0 Å². The van der Waals surface area contributed by atoms with Crippen molar-refractivity contribution >= 4 is 11.6 Å². The third-order valence-electron chi connectivity index (χ3n) is 3.62. The predicted octanol–water partition coefficient (Wildman–Crippen LogP) is 5.43. The molecular weight excluding hydrogens is 240 g/mol. The van der Waals surface area contributed by atoms with Crippen LogP contribution < -0.4 is 0 Å². The highest BCUT2D eigenvalue weighted by Gasteiger charge is 2.25. The molecule has 0 aromatic heterocycles. The summed E-state index contributed by atoms with van der Waals surface area (Å²) in [5, 5.41) is 0.183. The largest absolute Gasteiger partial charge is 0.118 e. The summed E-state index contributed by atoms with van der Waals surface area (Å²) in [5.74, 6) is 0.876. The van der Waals surface area contributed by atoms with E-state index in [0.717, 1.165) is 12.3 Å². The van der Waals surface area contributed by atoms with Crippen molar-refractivity contribution in [3.63, 3.8) is 0 Å². The van der Waals surface area contributed by atoms with Gasteiger partial charge in [-0.15, -0.1) is 11.6 Å². The van der Waals surface area contributed by atoms with Crippen LogP contribution >= 0.6 is 11.6 Å². The molecular formula is C17H17Cl. The van der Waals surface area contributed by atoms with Crippen molar-refractivity contribution in [3.05, 3.63) is 60.2 Å². The fourth-order valence-corrected chi connectivity index (χ4v) is 2.69. The minimum Gasteiger partial charge on any atom is -0.118 e. The van der Waals surface area contributed by atoms with E-state index < -0.39 is 0 Å². The molecule has 18 heavy (non-hydrogen) atoms. The van der Waals surface area contributed by atoms with Crippen molar-refractivity contribution in [3.8, 4) is 11.1 Å². The first-order valence-electron chi connectivity index (χ1n) is 6.62. The lowest BCUT2D eigenvalue weighted by Crippen LogP contribution is -1.91. The Kier molecular flexibility index (Phi) is 3.38. The molecule has 2 aromatic rings. The Morgan fingerprint density at radius 2 is 1.50 bits per heavy atom. The summed E-state index contributed by atoms with van der Waals surface area (Å²) in [6.07, 6.45) is 3.86. The third kappa shape index (κ3) is 2.76. The highest BCUT2D eigenvalue weighted by Crippen LogP contribution is 2.40. The van der Waals surface area contributed by atoms with E-state index >= 15 is 0 Å². The highest BCUT2D eigenvalue weighted by molar-refractivity contribution is 6.20. The third-order valence-corrected chi connectivity index (χ3v) is 4.05. The first-order valence-corrected chi connectivity index (χ1v) is 7.06. The van der Waals surface area contributed by atoms with Gasteiger partial charge in [0.1, 0.15) is 0 Å². The number of hydrogen-bond acceptors (Lipinski definition) is 0. The molecule has 1 aliphatic carbocycles.